The number of thiophene rings is 1. The Labute approximate surface area is 194 Å². The first-order valence-electron chi connectivity index (χ1n) is 12.5. The van der Waals surface area contributed by atoms with Gasteiger partial charge >= 0.3 is 0 Å². The molecular weight excluding hydrogens is 430 g/mol. The van der Waals surface area contributed by atoms with Crippen LogP contribution in [0.2, 0.25) is 0 Å². The van der Waals surface area contributed by atoms with Gasteiger partial charge in [-0.05, 0) is 63.0 Å². The van der Waals surface area contributed by atoms with E-state index in [1.54, 1.807) is 0 Å². The summed E-state index contributed by atoms with van der Waals surface area (Å²) in [6, 6.07) is 3.03. The highest BCUT2D eigenvalue weighted by atomic mass is 32.1. The number of hydrogen-bond donors (Lipinski definition) is 1. The fourth-order valence-corrected chi connectivity index (χ4v) is 7.39. The second-order valence-electron chi connectivity index (χ2n) is 10.6. The van der Waals surface area contributed by atoms with Crippen LogP contribution in [0, 0.1) is 11.8 Å². The number of amides is 1. The van der Waals surface area contributed by atoms with Gasteiger partial charge in [0.05, 0.1) is 12.2 Å². The van der Waals surface area contributed by atoms with Gasteiger partial charge in [-0.15, -0.1) is 11.3 Å². The predicted molar refractivity (Wildman–Crippen MR) is 122 cm³/mol. The van der Waals surface area contributed by atoms with Gasteiger partial charge in [0.1, 0.15) is 0 Å². The zero-order valence-electron chi connectivity index (χ0n) is 19.3. The van der Waals surface area contributed by atoms with Gasteiger partial charge in [-0.3, -0.25) is 4.79 Å². The fourth-order valence-electron chi connectivity index (χ4n) is 6.21. The number of nitrogens with zero attached hydrogens (tertiary/aromatic N) is 1. The highest BCUT2D eigenvalue weighted by Crippen LogP contribution is 2.47. The van der Waals surface area contributed by atoms with Crippen LogP contribution in [0.5, 0.6) is 0 Å². The van der Waals surface area contributed by atoms with Crippen molar-refractivity contribution in [2.24, 2.45) is 11.8 Å². The average Bonchev–Trinajstić information content (AvgIpc) is 3.17. The SMILES string of the molecule is CCc1cc2c(s1)CCO[C@@]21CCN(CC2CC(NC(=O)CC3CCC3(F)F)C2)[C@@H](C)C1. The molecule has 3 atom stereocenters. The molecular formula is C25H36F2N2O2S. The third-order valence-corrected chi connectivity index (χ3v) is 9.75. The molecule has 0 radical (unpaired) electrons. The molecule has 0 bridgehead atoms. The highest BCUT2D eigenvalue weighted by Gasteiger charge is 2.49. The summed E-state index contributed by atoms with van der Waals surface area (Å²) in [6.45, 7) is 7.48. The first-order valence-corrected chi connectivity index (χ1v) is 13.3. The van der Waals surface area contributed by atoms with Gasteiger partial charge in [-0.2, -0.15) is 0 Å². The molecule has 4 aliphatic rings. The van der Waals surface area contributed by atoms with E-state index < -0.39 is 11.8 Å². The number of aryl methyl sites for hydroxylation is 1. The number of nitrogens with one attached hydrogen (secondary N) is 1. The highest BCUT2D eigenvalue weighted by molar-refractivity contribution is 7.12. The largest absolute Gasteiger partial charge is 0.370 e. The first-order chi connectivity index (χ1) is 15.3. The van der Waals surface area contributed by atoms with Crippen molar-refractivity contribution in [3.05, 3.63) is 21.4 Å². The number of hydrogen-bond acceptors (Lipinski definition) is 4. The monoisotopic (exact) mass is 466 g/mol. The van der Waals surface area contributed by atoms with Crippen molar-refractivity contribution < 1.29 is 18.3 Å². The van der Waals surface area contributed by atoms with Crippen molar-refractivity contribution in [2.75, 3.05) is 19.7 Å². The minimum absolute atomic E-state index is 0.0241. The van der Waals surface area contributed by atoms with Crippen LogP contribution < -0.4 is 5.32 Å². The summed E-state index contributed by atoms with van der Waals surface area (Å²) < 4.78 is 33.2. The van der Waals surface area contributed by atoms with Crippen molar-refractivity contribution >= 4 is 17.2 Å². The van der Waals surface area contributed by atoms with E-state index in [-0.39, 0.29) is 30.4 Å². The van der Waals surface area contributed by atoms with Gasteiger partial charge in [0.2, 0.25) is 5.91 Å². The molecule has 3 heterocycles. The van der Waals surface area contributed by atoms with Crippen LogP contribution >= 0.6 is 11.3 Å². The summed E-state index contributed by atoms with van der Waals surface area (Å²) >= 11 is 1.97. The number of rotatable bonds is 6. The molecule has 1 unspecified atom stereocenters. The molecule has 5 rings (SSSR count). The Kier molecular flexibility index (Phi) is 6.13. The summed E-state index contributed by atoms with van der Waals surface area (Å²) in [5.74, 6) is -3.00. The molecule has 1 N–H and O–H groups in total. The lowest BCUT2D eigenvalue weighted by molar-refractivity contribution is -0.149. The standard InChI is InChI=1S/C25H36F2N2O2S/c1-3-20-13-21-22(32-20)5-9-31-24(21)7-8-29(16(2)14-24)15-17-10-19(11-17)28-23(30)12-18-4-6-25(18,26)27/h13,16-19H,3-12,14-15H2,1-2H3,(H,28,30)/t16-,17?,18?,19?,24+/m0/s1. The Morgan fingerprint density at radius 3 is 2.81 bits per heavy atom. The number of piperidine rings is 1. The lowest BCUT2D eigenvalue weighted by Gasteiger charge is -2.49. The van der Waals surface area contributed by atoms with Gasteiger partial charge in [-0.1, -0.05) is 6.92 Å². The number of likely N-dealkylation sites (tertiary alicyclic amines) is 1. The van der Waals surface area contributed by atoms with E-state index in [0.717, 1.165) is 58.2 Å². The summed E-state index contributed by atoms with van der Waals surface area (Å²) in [5, 5.41) is 2.99. The topological polar surface area (TPSA) is 41.6 Å². The molecule has 1 aromatic heterocycles. The van der Waals surface area contributed by atoms with Crippen molar-refractivity contribution in [1.29, 1.82) is 0 Å². The van der Waals surface area contributed by atoms with E-state index in [0.29, 0.717) is 18.4 Å². The van der Waals surface area contributed by atoms with Crippen LogP contribution in [0.15, 0.2) is 6.07 Å². The molecule has 4 nitrogen and oxygen atoms in total. The van der Waals surface area contributed by atoms with E-state index in [4.69, 9.17) is 4.74 Å². The number of carbonyl (C=O) groups excluding carboxylic acids is 1. The van der Waals surface area contributed by atoms with Crippen LogP contribution in [0.25, 0.3) is 0 Å². The Hall–Kier alpha value is -1.05. The maximum absolute atomic E-state index is 13.4. The number of carbonyl (C=O) groups is 1. The molecule has 1 spiro atoms. The van der Waals surface area contributed by atoms with Gasteiger partial charge in [0.25, 0.3) is 5.92 Å². The van der Waals surface area contributed by atoms with E-state index in [9.17, 15) is 13.6 Å². The van der Waals surface area contributed by atoms with Crippen molar-refractivity contribution in [1.82, 2.24) is 10.2 Å². The van der Waals surface area contributed by atoms with Gasteiger partial charge in [-0.25, -0.2) is 8.78 Å². The van der Waals surface area contributed by atoms with Crippen LogP contribution in [0.1, 0.15) is 74.1 Å². The second-order valence-corrected chi connectivity index (χ2v) is 11.8. The summed E-state index contributed by atoms with van der Waals surface area (Å²) in [4.78, 5) is 17.7. The number of ether oxygens (including phenoxy) is 1. The van der Waals surface area contributed by atoms with Gasteiger partial charge in [0, 0.05) is 60.1 Å². The Morgan fingerprint density at radius 1 is 1.34 bits per heavy atom. The summed E-state index contributed by atoms with van der Waals surface area (Å²) in [5.41, 5.74) is 1.35. The van der Waals surface area contributed by atoms with Crippen molar-refractivity contribution in [2.45, 2.75) is 95.2 Å². The van der Waals surface area contributed by atoms with E-state index >= 15 is 0 Å². The normalized spacial score (nSPS) is 36.2. The summed E-state index contributed by atoms with van der Waals surface area (Å²) in [7, 11) is 0. The maximum atomic E-state index is 13.4. The molecule has 32 heavy (non-hydrogen) atoms. The van der Waals surface area contributed by atoms with Crippen LogP contribution in [0.4, 0.5) is 8.78 Å². The van der Waals surface area contributed by atoms with Crippen LogP contribution in [-0.4, -0.2) is 48.5 Å². The molecule has 2 aliphatic carbocycles. The zero-order valence-corrected chi connectivity index (χ0v) is 20.1. The smallest absolute Gasteiger partial charge is 0.251 e. The van der Waals surface area contributed by atoms with E-state index in [1.165, 1.54) is 15.3 Å². The van der Waals surface area contributed by atoms with Gasteiger partial charge in [0.15, 0.2) is 0 Å². The molecule has 1 aromatic rings. The third-order valence-electron chi connectivity index (χ3n) is 8.41. The quantitative estimate of drug-likeness (QED) is 0.649. The minimum atomic E-state index is -2.63. The van der Waals surface area contributed by atoms with Crippen LogP contribution in [-0.2, 0) is 28.0 Å². The first kappa shape index (κ1) is 22.7. The number of fused-ring (bicyclic) bond motifs is 2. The van der Waals surface area contributed by atoms with E-state index in [1.807, 2.05) is 11.3 Å². The van der Waals surface area contributed by atoms with E-state index in [2.05, 4.69) is 30.1 Å². The molecule has 1 amide bonds. The lowest BCUT2D eigenvalue weighted by Crippen LogP contribution is -2.54. The molecule has 0 aromatic carbocycles. The summed E-state index contributed by atoms with van der Waals surface area (Å²) in [6.07, 6.45) is 6.55. The molecule has 2 aliphatic heterocycles. The number of halogens is 2. The Bertz CT molecular complexity index is 853. The van der Waals surface area contributed by atoms with Crippen molar-refractivity contribution in [3.63, 3.8) is 0 Å². The molecule has 7 heteroatoms. The molecule has 2 saturated carbocycles. The van der Waals surface area contributed by atoms with Crippen LogP contribution in [0.3, 0.4) is 0 Å². The van der Waals surface area contributed by atoms with Crippen molar-refractivity contribution in [3.8, 4) is 0 Å². The minimum Gasteiger partial charge on any atom is -0.370 e. The molecule has 178 valence electrons. The lowest BCUT2D eigenvalue weighted by atomic mass is 9.76. The molecule has 1 saturated heterocycles. The number of alkyl halides is 2. The average molecular weight is 467 g/mol. The fraction of sp³-hybridized carbons (Fsp3) is 0.800. The second kappa shape index (κ2) is 8.62. The third kappa shape index (κ3) is 4.25. The Morgan fingerprint density at radius 2 is 2.16 bits per heavy atom. The Balaban J connectivity index is 1.09. The molecule has 3 fully saturated rings. The van der Waals surface area contributed by atoms with Gasteiger partial charge < -0.3 is 15.0 Å². The zero-order chi connectivity index (χ0) is 22.5. The predicted octanol–water partition coefficient (Wildman–Crippen LogP) is 4.89. The maximum Gasteiger partial charge on any atom is 0.251 e.